The van der Waals surface area contributed by atoms with Crippen molar-refractivity contribution in [2.24, 2.45) is 4.99 Å². The second-order valence-corrected chi connectivity index (χ2v) is 4.10. The molecule has 0 aliphatic heterocycles. The molecular weight excluding hydrogens is 270 g/mol. The van der Waals surface area contributed by atoms with Crippen molar-refractivity contribution in [1.82, 2.24) is 10.6 Å². The van der Waals surface area contributed by atoms with E-state index in [2.05, 4.69) is 21.5 Å². The summed E-state index contributed by atoms with van der Waals surface area (Å²) in [6, 6.07) is 3.43. The highest BCUT2D eigenvalue weighted by atomic mass is 16.5. The second-order valence-electron chi connectivity index (χ2n) is 4.10. The predicted octanol–water partition coefficient (Wildman–Crippen LogP) is 1.10. The Labute approximate surface area is 125 Å². The van der Waals surface area contributed by atoms with Crippen molar-refractivity contribution >= 4 is 5.96 Å². The Kier molecular flexibility index (Phi) is 6.75. The highest BCUT2D eigenvalue weighted by molar-refractivity contribution is 5.80. The van der Waals surface area contributed by atoms with Gasteiger partial charge in [-0.3, -0.25) is 0 Å². The molecule has 0 aliphatic rings. The number of hydrogen-bond acceptors (Lipinski definition) is 4. The van der Waals surface area contributed by atoms with E-state index >= 15 is 0 Å². The molecule has 0 amide bonds. The van der Waals surface area contributed by atoms with Gasteiger partial charge in [-0.25, -0.2) is 4.99 Å². The van der Waals surface area contributed by atoms with Gasteiger partial charge in [-0.15, -0.1) is 6.42 Å². The summed E-state index contributed by atoms with van der Waals surface area (Å²) in [6.45, 7) is 3.50. The van der Waals surface area contributed by atoms with Crippen LogP contribution in [0, 0.1) is 12.3 Å². The first-order valence-electron chi connectivity index (χ1n) is 6.55. The molecule has 6 nitrogen and oxygen atoms in total. The van der Waals surface area contributed by atoms with Gasteiger partial charge < -0.3 is 25.2 Å². The van der Waals surface area contributed by atoms with Gasteiger partial charge in [0.15, 0.2) is 17.5 Å². The van der Waals surface area contributed by atoms with E-state index in [1.54, 1.807) is 12.1 Å². The van der Waals surface area contributed by atoms with Crippen molar-refractivity contribution in [1.29, 1.82) is 0 Å². The van der Waals surface area contributed by atoms with Crippen LogP contribution < -0.4 is 20.1 Å². The number of terminal acetylenes is 1. The molecule has 0 saturated carbocycles. The van der Waals surface area contributed by atoms with Crippen molar-refractivity contribution in [2.45, 2.75) is 13.5 Å². The average Bonchev–Trinajstić information content (AvgIpc) is 2.51. The summed E-state index contributed by atoms with van der Waals surface area (Å²) in [7, 11) is 2.97. The highest BCUT2D eigenvalue weighted by Crippen LogP contribution is 2.37. The zero-order chi connectivity index (χ0) is 15.7. The standard InChI is InChI=1S/C15H21N3O3/c1-5-7-17-15(16-6-2)18-10-11-8-12(20-3)14(19)13(9-11)21-4/h1,8-9,19H,6-7,10H2,2-4H3,(H2,16,17,18). The van der Waals surface area contributed by atoms with Crippen LogP contribution >= 0.6 is 0 Å². The molecule has 3 N–H and O–H groups in total. The van der Waals surface area contributed by atoms with Gasteiger partial charge in [-0.1, -0.05) is 5.92 Å². The number of guanidine groups is 1. The lowest BCUT2D eigenvalue weighted by Gasteiger charge is -2.11. The molecule has 0 unspecified atom stereocenters. The normalized spacial score (nSPS) is 10.7. The fraction of sp³-hybridized carbons (Fsp3) is 0.400. The summed E-state index contributed by atoms with van der Waals surface area (Å²) in [5.41, 5.74) is 0.847. The minimum Gasteiger partial charge on any atom is -0.502 e. The second kappa shape index (κ2) is 8.59. The number of ether oxygens (including phenoxy) is 2. The number of phenols is 1. The molecule has 0 bridgehead atoms. The number of phenolic OH excluding ortho intramolecular Hbond substituents is 1. The number of benzene rings is 1. The first-order chi connectivity index (χ1) is 10.2. The summed E-state index contributed by atoms with van der Waals surface area (Å²) >= 11 is 0. The largest absolute Gasteiger partial charge is 0.502 e. The SMILES string of the molecule is C#CCNC(=NCc1cc(OC)c(O)c(OC)c1)NCC. The van der Waals surface area contributed by atoms with Crippen LogP contribution in [-0.2, 0) is 6.54 Å². The maximum atomic E-state index is 9.86. The summed E-state index contributed by atoms with van der Waals surface area (Å²) in [4.78, 5) is 4.41. The van der Waals surface area contributed by atoms with E-state index in [1.807, 2.05) is 6.92 Å². The average molecular weight is 291 g/mol. The lowest BCUT2D eigenvalue weighted by atomic mass is 10.2. The minimum atomic E-state index is -0.0231. The zero-order valence-electron chi connectivity index (χ0n) is 12.6. The third-order valence-electron chi connectivity index (χ3n) is 2.66. The Hall–Kier alpha value is -2.55. The first-order valence-corrected chi connectivity index (χ1v) is 6.55. The molecule has 1 aromatic carbocycles. The van der Waals surface area contributed by atoms with Crippen LogP contribution in [0.4, 0.5) is 0 Å². The lowest BCUT2D eigenvalue weighted by molar-refractivity contribution is 0.339. The molecular formula is C15H21N3O3. The van der Waals surface area contributed by atoms with Gasteiger partial charge >= 0.3 is 0 Å². The van der Waals surface area contributed by atoms with Gasteiger partial charge in [0.05, 0.1) is 27.3 Å². The lowest BCUT2D eigenvalue weighted by Crippen LogP contribution is -2.37. The van der Waals surface area contributed by atoms with E-state index in [-0.39, 0.29) is 5.75 Å². The Balaban J connectivity index is 2.92. The van der Waals surface area contributed by atoms with Gasteiger partial charge in [-0.2, -0.15) is 0 Å². The summed E-state index contributed by atoms with van der Waals surface area (Å²) in [5, 5.41) is 15.9. The van der Waals surface area contributed by atoms with Crippen LogP contribution in [0.25, 0.3) is 0 Å². The molecule has 21 heavy (non-hydrogen) atoms. The first kappa shape index (κ1) is 16.5. The molecule has 114 valence electrons. The Morgan fingerprint density at radius 1 is 1.29 bits per heavy atom. The van der Waals surface area contributed by atoms with Crippen LogP contribution in [0.3, 0.4) is 0 Å². The number of nitrogens with zero attached hydrogens (tertiary/aromatic N) is 1. The van der Waals surface area contributed by atoms with E-state index in [0.717, 1.165) is 12.1 Å². The maximum absolute atomic E-state index is 9.86. The van der Waals surface area contributed by atoms with E-state index in [1.165, 1.54) is 14.2 Å². The summed E-state index contributed by atoms with van der Waals surface area (Å²) < 4.78 is 10.2. The van der Waals surface area contributed by atoms with E-state index < -0.39 is 0 Å². The predicted molar refractivity (Wildman–Crippen MR) is 82.9 cm³/mol. The Morgan fingerprint density at radius 3 is 2.38 bits per heavy atom. The molecule has 0 fully saturated rings. The topological polar surface area (TPSA) is 75.1 Å². The highest BCUT2D eigenvalue weighted by Gasteiger charge is 2.11. The number of methoxy groups -OCH3 is 2. The van der Waals surface area contributed by atoms with Crippen molar-refractivity contribution in [3.8, 4) is 29.6 Å². The third-order valence-corrected chi connectivity index (χ3v) is 2.66. The fourth-order valence-electron chi connectivity index (χ4n) is 1.69. The summed E-state index contributed by atoms with van der Waals surface area (Å²) in [6.07, 6.45) is 5.22. The van der Waals surface area contributed by atoms with Gasteiger partial charge in [0.2, 0.25) is 5.75 Å². The van der Waals surface area contributed by atoms with Crippen LogP contribution in [0.2, 0.25) is 0 Å². The van der Waals surface area contributed by atoms with E-state index in [4.69, 9.17) is 15.9 Å². The number of aromatic hydroxyl groups is 1. The molecule has 1 aromatic rings. The van der Waals surface area contributed by atoms with Gasteiger partial charge in [0, 0.05) is 6.54 Å². The fourth-order valence-corrected chi connectivity index (χ4v) is 1.69. The van der Waals surface area contributed by atoms with Gasteiger partial charge in [0.1, 0.15) is 0 Å². The number of aliphatic imine (C=N–C) groups is 1. The van der Waals surface area contributed by atoms with Crippen molar-refractivity contribution in [2.75, 3.05) is 27.3 Å². The van der Waals surface area contributed by atoms with Crippen molar-refractivity contribution in [3.05, 3.63) is 17.7 Å². The van der Waals surface area contributed by atoms with Crippen molar-refractivity contribution in [3.63, 3.8) is 0 Å². The van der Waals surface area contributed by atoms with Gasteiger partial charge in [-0.05, 0) is 24.6 Å². The smallest absolute Gasteiger partial charge is 0.200 e. The Bertz CT molecular complexity index is 510. The molecule has 1 rings (SSSR count). The van der Waals surface area contributed by atoms with Gasteiger partial charge in [0.25, 0.3) is 0 Å². The van der Waals surface area contributed by atoms with Crippen molar-refractivity contribution < 1.29 is 14.6 Å². The third kappa shape index (κ3) is 4.80. The van der Waals surface area contributed by atoms with Crippen LogP contribution in [0.15, 0.2) is 17.1 Å². The Morgan fingerprint density at radius 2 is 1.90 bits per heavy atom. The molecule has 0 aliphatic carbocycles. The quantitative estimate of drug-likeness (QED) is 0.416. The van der Waals surface area contributed by atoms with E-state index in [0.29, 0.717) is 30.5 Å². The van der Waals surface area contributed by atoms with Crippen LogP contribution in [0.5, 0.6) is 17.2 Å². The number of nitrogens with one attached hydrogen (secondary N) is 2. The molecule has 0 spiro atoms. The summed E-state index contributed by atoms with van der Waals surface area (Å²) in [5.74, 6) is 3.79. The van der Waals surface area contributed by atoms with Crippen LogP contribution in [-0.4, -0.2) is 38.4 Å². The molecule has 0 saturated heterocycles. The zero-order valence-corrected chi connectivity index (χ0v) is 12.6. The molecule has 0 heterocycles. The minimum absolute atomic E-state index is 0.0231. The molecule has 0 radical (unpaired) electrons. The van der Waals surface area contributed by atoms with E-state index in [9.17, 15) is 5.11 Å². The number of hydrogen-bond donors (Lipinski definition) is 3. The molecule has 0 aromatic heterocycles. The number of rotatable bonds is 6. The van der Waals surface area contributed by atoms with Crippen LogP contribution in [0.1, 0.15) is 12.5 Å². The maximum Gasteiger partial charge on any atom is 0.200 e. The monoisotopic (exact) mass is 291 g/mol. The molecule has 0 atom stereocenters. The molecule has 6 heteroatoms.